The maximum Gasteiger partial charge on any atom is 0.167 e. The van der Waals surface area contributed by atoms with Gasteiger partial charge in [-0.1, -0.05) is 18.2 Å². The maximum atomic E-state index is 13.4. The van der Waals surface area contributed by atoms with Crippen molar-refractivity contribution in [2.45, 2.75) is 25.2 Å². The van der Waals surface area contributed by atoms with Gasteiger partial charge in [0, 0.05) is 12.6 Å². The summed E-state index contributed by atoms with van der Waals surface area (Å²) in [6.45, 7) is 0.709. The van der Waals surface area contributed by atoms with Crippen LogP contribution in [0.4, 0.5) is 8.78 Å². The number of methoxy groups -OCH3 is 1. The Hall–Kier alpha value is -2.31. The Labute approximate surface area is 145 Å². The van der Waals surface area contributed by atoms with Gasteiger partial charge in [-0.25, -0.2) is 8.78 Å². The van der Waals surface area contributed by atoms with E-state index in [1.165, 1.54) is 6.07 Å². The molecular formula is C19H19F2NO3. The average molecular weight is 347 g/mol. The van der Waals surface area contributed by atoms with Crippen molar-refractivity contribution in [3.63, 3.8) is 0 Å². The second kappa shape index (κ2) is 7.72. The van der Waals surface area contributed by atoms with Crippen LogP contribution >= 0.6 is 0 Å². The molecular weight excluding hydrogens is 328 g/mol. The minimum absolute atomic E-state index is 0.0308. The minimum Gasteiger partial charge on any atom is -0.497 e. The maximum absolute atomic E-state index is 13.4. The summed E-state index contributed by atoms with van der Waals surface area (Å²) in [6, 6.07) is 11.4. The molecule has 2 aromatic rings. The lowest BCUT2D eigenvalue weighted by atomic mass is 10.0. The number of hydrogen-bond donors (Lipinski definition) is 0. The first-order valence-corrected chi connectivity index (χ1v) is 8.00. The van der Waals surface area contributed by atoms with E-state index >= 15 is 0 Å². The third-order valence-corrected chi connectivity index (χ3v) is 4.35. The zero-order valence-electron chi connectivity index (χ0n) is 13.8. The summed E-state index contributed by atoms with van der Waals surface area (Å²) >= 11 is 0. The van der Waals surface area contributed by atoms with E-state index in [4.69, 9.17) is 9.47 Å². The van der Waals surface area contributed by atoms with Crippen LogP contribution in [-0.2, 0) is 22.5 Å². The molecule has 0 spiro atoms. The fraction of sp³-hybridized carbons (Fsp3) is 0.316. The van der Waals surface area contributed by atoms with Gasteiger partial charge in [0.1, 0.15) is 5.75 Å². The van der Waals surface area contributed by atoms with E-state index in [9.17, 15) is 13.6 Å². The second-order valence-corrected chi connectivity index (χ2v) is 5.99. The fourth-order valence-electron chi connectivity index (χ4n) is 3.00. The Balaban J connectivity index is 1.75. The molecule has 0 N–H and O–H groups in total. The molecule has 0 saturated carbocycles. The number of ether oxygens (including phenoxy) is 2. The monoisotopic (exact) mass is 347 g/mol. The zero-order valence-corrected chi connectivity index (χ0v) is 13.8. The van der Waals surface area contributed by atoms with Crippen molar-refractivity contribution in [1.82, 2.24) is 4.90 Å². The van der Waals surface area contributed by atoms with Gasteiger partial charge >= 0.3 is 0 Å². The van der Waals surface area contributed by atoms with Gasteiger partial charge < -0.3 is 9.47 Å². The van der Waals surface area contributed by atoms with Crippen molar-refractivity contribution < 1.29 is 23.0 Å². The van der Waals surface area contributed by atoms with Crippen LogP contribution in [0.3, 0.4) is 0 Å². The predicted molar refractivity (Wildman–Crippen MR) is 88.2 cm³/mol. The highest BCUT2D eigenvalue weighted by atomic mass is 19.2. The lowest BCUT2D eigenvalue weighted by Crippen LogP contribution is -2.38. The molecule has 25 heavy (non-hydrogen) atoms. The molecule has 2 atom stereocenters. The van der Waals surface area contributed by atoms with E-state index in [0.717, 1.165) is 29.7 Å². The minimum atomic E-state index is -0.896. The van der Waals surface area contributed by atoms with Crippen molar-refractivity contribution in [1.29, 1.82) is 0 Å². The third-order valence-electron chi connectivity index (χ3n) is 4.35. The van der Waals surface area contributed by atoms with Gasteiger partial charge in [0.2, 0.25) is 0 Å². The van der Waals surface area contributed by atoms with Gasteiger partial charge in [0.25, 0.3) is 0 Å². The van der Waals surface area contributed by atoms with Crippen LogP contribution in [0.2, 0.25) is 0 Å². The summed E-state index contributed by atoms with van der Waals surface area (Å²) in [5.74, 6) is -1.01. The molecule has 0 aliphatic carbocycles. The van der Waals surface area contributed by atoms with E-state index in [1.807, 2.05) is 29.2 Å². The van der Waals surface area contributed by atoms with Gasteiger partial charge in [0.15, 0.2) is 24.1 Å². The van der Waals surface area contributed by atoms with E-state index in [-0.39, 0.29) is 6.04 Å². The molecule has 1 fully saturated rings. The molecule has 0 radical (unpaired) electrons. The number of carbonyl (C=O) groups excluding carboxylic acids is 1. The van der Waals surface area contributed by atoms with Gasteiger partial charge in [-0.05, 0) is 41.8 Å². The summed E-state index contributed by atoms with van der Waals surface area (Å²) in [6.07, 6.45) is 0.725. The largest absolute Gasteiger partial charge is 0.497 e. The predicted octanol–water partition coefficient (Wildman–Crippen LogP) is 2.94. The van der Waals surface area contributed by atoms with Crippen LogP contribution in [0.25, 0.3) is 0 Å². The first kappa shape index (κ1) is 17.5. The molecule has 2 aromatic carbocycles. The highest BCUT2D eigenvalue weighted by molar-refractivity contribution is 5.56. The van der Waals surface area contributed by atoms with Gasteiger partial charge in [-0.3, -0.25) is 9.69 Å². The summed E-state index contributed by atoms with van der Waals surface area (Å²) < 4.78 is 37.2. The molecule has 3 rings (SSSR count). The summed E-state index contributed by atoms with van der Waals surface area (Å²) in [5, 5.41) is 0. The van der Waals surface area contributed by atoms with Crippen molar-refractivity contribution in [3.05, 3.63) is 65.2 Å². The number of aldehydes is 1. The molecule has 1 unspecified atom stereocenters. The van der Waals surface area contributed by atoms with Gasteiger partial charge in [0.05, 0.1) is 13.7 Å². The van der Waals surface area contributed by atoms with Crippen molar-refractivity contribution in [2.75, 3.05) is 13.7 Å². The van der Waals surface area contributed by atoms with E-state index in [1.54, 1.807) is 7.11 Å². The molecule has 4 nitrogen and oxygen atoms in total. The first-order chi connectivity index (χ1) is 12.1. The van der Waals surface area contributed by atoms with Crippen LogP contribution in [0, 0.1) is 11.6 Å². The number of hydrogen-bond acceptors (Lipinski definition) is 4. The smallest absolute Gasteiger partial charge is 0.167 e. The van der Waals surface area contributed by atoms with Crippen molar-refractivity contribution >= 4 is 6.29 Å². The number of carbonyl (C=O) groups is 1. The number of halogens is 2. The molecule has 1 saturated heterocycles. The van der Waals surface area contributed by atoms with Crippen LogP contribution < -0.4 is 4.74 Å². The molecule has 1 heterocycles. The van der Waals surface area contributed by atoms with Crippen molar-refractivity contribution in [2.24, 2.45) is 0 Å². The number of benzene rings is 2. The highest BCUT2D eigenvalue weighted by Crippen LogP contribution is 2.24. The molecule has 6 heteroatoms. The second-order valence-electron chi connectivity index (χ2n) is 5.99. The first-order valence-electron chi connectivity index (χ1n) is 8.00. The van der Waals surface area contributed by atoms with Crippen LogP contribution in [0.15, 0.2) is 42.5 Å². The SMILES string of the molecule is COc1ccc(C[C@H]2COC(C=O)N2Cc2ccc(F)c(F)c2)cc1. The van der Waals surface area contributed by atoms with Crippen LogP contribution in [0.1, 0.15) is 11.1 Å². The summed E-state index contributed by atoms with van der Waals surface area (Å²) in [7, 11) is 1.61. The topological polar surface area (TPSA) is 38.8 Å². The Morgan fingerprint density at radius 3 is 2.52 bits per heavy atom. The van der Waals surface area contributed by atoms with Crippen LogP contribution in [0.5, 0.6) is 5.75 Å². The third kappa shape index (κ3) is 4.03. The molecule has 1 aliphatic heterocycles. The Morgan fingerprint density at radius 1 is 1.16 bits per heavy atom. The van der Waals surface area contributed by atoms with Crippen LogP contribution in [-0.4, -0.2) is 37.2 Å². The Bertz CT molecular complexity index is 736. The Morgan fingerprint density at radius 2 is 1.88 bits per heavy atom. The number of nitrogens with zero attached hydrogens (tertiary/aromatic N) is 1. The lowest BCUT2D eigenvalue weighted by molar-refractivity contribution is -0.122. The average Bonchev–Trinajstić information content (AvgIpc) is 3.00. The summed E-state index contributed by atoms with van der Waals surface area (Å²) in [5.41, 5.74) is 1.67. The quantitative estimate of drug-likeness (QED) is 0.753. The van der Waals surface area contributed by atoms with Gasteiger partial charge in [-0.15, -0.1) is 0 Å². The number of rotatable bonds is 6. The zero-order chi connectivity index (χ0) is 17.8. The van der Waals surface area contributed by atoms with E-state index in [0.29, 0.717) is 25.1 Å². The fourth-order valence-corrected chi connectivity index (χ4v) is 3.00. The van der Waals surface area contributed by atoms with E-state index in [2.05, 4.69) is 0 Å². The standard InChI is InChI=1S/C19H19F2NO3/c1-24-16-5-2-13(3-6-16)8-15-12-25-19(11-23)22(15)10-14-4-7-17(20)18(21)9-14/h2-7,9,11,15,19H,8,10,12H2,1H3/t15-,19?/m0/s1. The Kier molecular flexibility index (Phi) is 5.40. The van der Waals surface area contributed by atoms with Gasteiger partial charge in [-0.2, -0.15) is 0 Å². The molecule has 0 bridgehead atoms. The molecule has 0 aromatic heterocycles. The molecule has 1 aliphatic rings. The highest BCUT2D eigenvalue weighted by Gasteiger charge is 2.34. The molecule has 0 amide bonds. The molecule has 132 valence electrons. The van der Waals surface area contributed by atoms with E-state index < -0.39 is 17.9 Å². The summed E-state index contributed by atoms with van der Waals surface area (Å²) in [4.78, 5) is 13.2. The normalized spacial score (nSPS) is 20.6. The van der Waals surface area contributed by atoms with Crippen molar-refractivity contribution in [3.8, 4) is 5.75 Å². The lowest BCUT2D eigenvalue weighted by Gasteiger charge is -2.25.